The predicted molar refractivity (Wildman–Crippen MR) is 94.4 cm³/mol. The van der Waals surface area contributed by atoms with Crippen LogP contribution in [0.2, 0.25) is 0 Å². The van der Waals surface area contributed by atoms with Gasteiger partial charge in [0.15, 0.2) is 6.61 Å². The van der Waals surface area contributed by atoms with Gasteiger partial charge in [0, 0.05) is 31.0 Å². The number of carbonyl (C=O) groups is 3. The molecule has 0 radical (unpaired) electrons. The summed E-state index contributed by atoms with van der Waals surface area (Å²) in [6.07, 6.45) is 5.38. The molecule has 144 valence electrons. The van der Waals surface area contributed by atoms with Crippen molar-refractivity contribution in [3.05, 3.63) is 60.2 Å². The maximum atomic E-state index is 11.1. The molecular formula is C18H20N2O7. The molecule has 0 atom stereocenters. The van der Waals surface area contributed by atoms with E-state index in [0.29, 0.717) is 24.5 Å². The Morgan fingerprint density at radius 1 is 1.11 bits per heavy atom. The summed E-state index contributed by atoms with van der Waals surface area (Å²) in [6, 6.07) is 7.56. The minimum atomic E-state index is -1.26. The minimum Gasteiger partial charge on any atom is -0.482 e. The van der Waals surface area contributed by atoms with Gasteiger partial charge in [-0.15, -0.1) is 0 Å². The van der Waals surface area contributed by atoms with Gasteiger partial charge in [0.2, 0.25) is 0 Å². The van der Waals surface area contributed by atoms with Crippen molar-refractivity contribution in [1.82, 2.24) is 9.97 Å². The number of hydrogen-bond donors (Lipinski definition) is 3. The fraction of sp³-hybridized carbons (Fsp3) is 0.222. The Hall–Kier alpha value is -3.62. The molecule has 1 aromatic heterocycles. The number of carboxylic acid groups (broad SMARTS) is 2. The molecule has 0 saturated carbocycles. The van der Waals surface area contributed by atoms with Crippen molar-refractivity contribution in [1.29, 1.82) is 0 Å². The van der Waals surface area contributed by atoms with E-state index in [1.165, 1.54) is 0 Å². The van der Waals surface area contributed by atoms with Crippen LogP contribution in [0.3, 0.4) is 0 Å². The molecule has 0 spiro atoms. The number of ether oxygens (including phenoxy) is 2. The number of H-pyrrole nitrogens is 1. The Bertz CT molecular complexity index is 737. The van der Waals surface area contributed by atoms with Gasteiger partial charge in [0.1, 0.15) is 11.6 Å². The van der Waals surface area contributed by atoms with Gasteiger partial charge in [-0.1, -0.05) is 12.1 Å². The third kappa shape index (κ3) is 10.1. The first-order chi connectivity index (χ1) is 12.9. The summed E-state index contributed by atoms with van der Waals surface area (Å²) < 4.78 is 10.1. The third-order valence-corrected chi connectivity index (χ3v) is 2.88. The van der Waals surface area contributed by atoms with Crippen LogP contribution in [0.25, 0.3) is 0 Å². The fourth-order valence-electron chi connectivity index (χ4n) is 1.78. The molecule has 2 aromatic rings. The number of nitrogens with one attached hydrogen (secondary N) is 1. The summed E-state index contributed by atoms with van der Waals surface area (Å²) in [7, 11) is 0. The zero-order valence-electron chi connectivity index (χ0n) is 14.6. The lowest BCUT2D eigenvalue weighted by atomic mass is 10.1. The predicted octanol–water partition coefficient (Wildman–Crippen LogP) is 1.65. The Morgan fingerprint density at radius 3 is 2.22 bits per heavy atom. The molecule has 3 N–H and O–H groups in total. The standard InChI is InChI=1S/C14H16N2O3.C4H4O4/c1-2-18-14(17)10-19-12-5-3-11(4-6-12)9-13-15-7-8-16-13;5-3(6)1-2-4(7)8/h3-8H,2,9-10H2,1H3,(H,15,16);1-2H,(H,5,6)(H,7,8)/b;2-1+. The number of aromatic nitrogens is 2. The molecule has 2 rings (SSSR count). The highest BCUT2D eigenvalue weighted by Crippen LogP contribution is 2.14. The molecular weight excluding hydrogens is 356 g/mol. The van der Waals surface area contributed by atoms with Crippen LogP contribution >= 0.6 is 0 Å². The van der Waals surface area contributed by atoms with E-state index >= 15 is 0 Å². The molecule has 0 amide bonds. The van der Waals surface area contributed by atoms with Crippen LogP contribution in [0.1, 0.15) is 18.3 Å². The van der Waals surface area contributed by atoms with Crippen LogP contribution in [0.4, 0.5) is 0 Å². The van der Waals surface area contributed by atoms with Crippen molar-refractivity contribution < 1.29 is 34.1 Å². The Balaban J connectivity index is 0.000000387. The van der Waals surface area contributed by atoms with E-state index in [-0.39, 0.29) is 12.6 Å². The van der Waals surface area contributed by atoms with Gasteiger partial charge in [-0.3, -0.25) is 0 Å². The first kappa shape index (κ1) is 21.4. The van der Waals surface area contributed by atoms with Gasteiger partial charge in [-0.25, -0.2) is 19.4 Å². The Morgan fingerprint density at radius 2 is 1.74 bits per heavy atom. The summed E-state index contributed by atoms with van der Waals surface area (Å²) >= 11 is 0. The van der Waals surface area contributed by atoms with E-state index in [1.807, 2.05) is 24.3 Å². The second-order valence-corrected chi connectivity index (χ2v) is 4.96. The lowest BCUT2D eigenvalue weighted by Crippen LogP contribution is -2.14. The lowest BCUT2D eigenvalue weighted by Gasteiger charge is -2.06. The maximum absolute atomic E-state index is 11.1. The maximum Gasteiger partial charge on any atom is 0.344 e. The first-order valence-corrected chi connectivity index (χ1v) is 7.90. The molecule has 0 unspecified atom stereocenters. The number of carboxylic acids is 2. The molecule has 9 nitrogen and oxygen atoms in total. The molecule has 0 fully saturated rings. The van der Waals surface area contributed by atoms with Crippen LogP contribution in [-0.2, 0) is 25.5 Å². The molecule has 27 heavy (non-hydrogen) atoms. The average molecular weight is 376 g/mol. The zero-order chi connectivity index (χ0) is 20.1. The highest BCUT2D eigenvalue weighted by atomic mass is 16.6. The Labute approximate surface area is 155 Å². The topological polar surface area (TPSA) is 139 Å². The van der Waals surface area contributed by atoms with E-state index in [4.69, 9.17) is 19.7 Å². The quantitative estimate of drug-likeness (QED) is 0.467. The van der Waals surface area contributed by atoms with Crippen molar-refractivity contribution in [3.63, 3.8) is 0 Å². The van der Waals surface area contributed by atoms with Crippen LogP contribution in [0, 0.1) is 0 Å². The van der Waals surface area contributed by atoms with E-state index in [0.717, 1.165) is 17.8 Å². The number of esters is 1. The monoisotopic (exact) mass is 376 g/mol. The van der Waals surface area contributed by atoms with Crippen LogP contribution < -0.4 is 4.74 Å². The van der Waals surface area contributed by atoms with Gasteiger partial charge in [-0.05, 0) is 24.6 Å². The molecule has 9 heteroatoms. The first-order valence-electron chi connectivity index (χ1n) is 7.90. The van der Waals surface area contributed by atoms with E-state index in [1.54, 1.807) is 19.3 Å². The van der Waals surface area contributed by atoms with Crippen molar-refractivity contribution >= 4 is 17.9 Å². The number of rotatable bonds is 8. The van der Waals surface area contributed by atoms with Crippen LogP contribution in [0.15, 0.2) is 48.8 Å². The van der Waals surface area contributed by atoms with Gasteiger partial charge >= 0.3 is 17.9 Å². The largest absolute Gasteiger partial charge is 0.482 e. The van der Waals surface area contributed by atoms with Gasteiger partial charge in [0.25, 0.3) is 0 Å². The smallest absolute Gasteiger partial charge is 0.344 e. The normalized spacial score (nSPS) is 9.96. The molecule has 0 bridgehead atoms. The lowest BCUT2D eigenvalue weighted by molar-refractivity contribution is -0.145. The second-order valence-electron chi connectivity index (χ2n) is 4.96. The summed E-state index contributed by atoms with van der Waals surface area (Å²) in [5.74, 6) is -1.31. The summed E-state index contributed by atoms with van der Waals surface area (Å²) in [4.78, 5) is 37.5. The number of carbonyl (C=O) groups excluding carboxylic acids is 1. The number of aliphatic carboxylic acids is 2. The number of aromatic amines is 1. The zero-order valence-corrected chi connectivity index (χ0v) is 14.6. The number of benzene rings is 1. The van der Waals surface area contributed by atoms with Crippen molar-refractivity contribution in [3.8, 4) is 5.75 Å². The van der Waals surface area contributed by atoms with Crippen molar-refractivity contribution in [2.24, 2.45) is 0 Å². The number of hydrogen-bond acceptors (Lipinski definition) is 6. The van der Waals surface area contributed by atoms with Gasteiger partial charge in [0.05, 0.1) is 6.61 Å². The highest BCUT2D eigenvalue weighted by Gasteiger charge is 2.03. The van der Waals surface area contributed by atoms with E-state index in [9.17, 15) is 14.4 Å². The SMILES string of the molecule is CCOC(=O)COc1ccc(Cc2ncc[nH]2)cc1.O=C(O)/C=C/C(=O)O. The highest BCUT2D eigenvalue weighted by molar-refractivity contribution is 5.89. The van der Waals surface area contributed by atoms with Crippen molar-refractivity contribution in [2.75, 3.05) is 13.2 Å². The number of imidazole rings is 1. The number of nitrogens with zero attached hydrogens (tertiary/aromatic N) is 1. The molecule has 0 aliphatic heterocycles. The van der Waals surface area contributed by atoms with Crippen molar-refractivity contribution in [2.45, 2.75) is 13.3 Å². The average Bonchev–Trinajstić information content (AvgIpc) is 3.13. The van der Waals surface area contributed by atoms with Gasteiger partial charge < -0.3 is 24.7 Å². The van der Waals surface area contributed by atoms with Gasteiger partial charge in [-0.2, -0.15) is 0 Å². The summed E-state index contributed by atoms with van der Waals surface area (Å²) in [5, 5.41) is 15.6. The Kier molecular flexibility index (Phi) is 9.40. The molecule has 0 saturated heterocycles. The molecule has 1 aromatic carbocycles. The second kappa shape index (κ2) is 11.9. The summed E-state index contributed by atoms with van der Waals surface area (Å²) in [6.45, 7) is 2.07. The fourth-order valence-corrected chi connectivity index (χ4v) is 1.78. The molecule has 0 aliphatic carbocycles. The molecule has 0 aliphatic rings. The summed E-state index contributed by atoms with van der Waals surface area (Å²) in [5.41, 5.74) is 1.12. The third-order valence-electron chi connectivity index (χ3n) is 2.88. The van der Waals surface area contributed by atoms with Crippen LogP contribution in [-0.4, -0.2) is 51.3 Å². The van der Waals surface area contributed by atoms with E-state index < -0.39 is 11.9 Å². The van der Waals surface area contributed by atoms with Crippen LogP contribution in [0.5, 0.6) is 5.75 Å². The molecule has 1 heterocycles. The minimum absolute atomic E-state index is 0.0641. The van der Waals surface area contributed by atoms with E-state index in [2.05, 4.69) is 9.97 Å².